The Hall–Kier alpha value is -7.21. The number of benzene rings is 9. The zero-order valence-electron chi connectivity index (χ0n) is 28.9. The van der Waals surface area contributed by atoms with E-state index in [1.54, 1.807) is 0 Å². The second-order valence-corrected chi connectivity index (χ2v) is 13.5. The molecule has 0 radical (unpaired) electrons. The second-order valence-electron chi connectivity index (χ2n) is 13.5. The summed E-state index contributed by atoms with van der Waals surface area (Å²) in [6.07, 6.45) is 0. The molecule has 1 aromatic heterocycles. The van der Waals surface area contributed by atoms with Crippen LogP contribution in [0.25, 0.3) is 93.5 Å². The molecule has 53 heavy (non-hydrogen) atoms. The van der Waals surface area contributed by atoms with Gasteiger partial charge >= 0.3 is 0 Å². The first-order valence-corrected chi connectivity index (χ1v) is 18.0. The van der Waals surface area contributed by atoms with Crippen molar-refractivity contribution in [3.8, 4) is 56.3 Å². The smallest absolute Gasteiger partial charge is 0.101 e. The lowest BCUT2D eigenvalue weighted by Gasteiger charge is -2.18. The van der Waals surface area contributed by atoms with E-state index >= 15 is 0 Å². The fourth-order valence-corrected chi connectivity index (χ4v) is 8.34. The van der Waals surface area contributed by atoms with Crippen LogP contribution in [0.15, 0.2) is 194 Å². The van der Waals surface area contributed by atoms with Crippen molar-refractivity contribution in [1.82, 2.24) is 4.57 Å². The number of para-hydroxylation sites is 2. The normalized spacial score (nSPS) is 11.4. The molecule has 0 saturated carbocycles. The molecule has 0 aliphatic carbocycles. The zero-order valence-corrected chi connectivity index (χ0v) is 28.9. The van der Waals surface area contributed by atoms with E-state index in [-0.39, 0.29) is 0 Å². The molecule has 0 bridgehead atoms. The first-order chi connectivity index (χ1) is 26.3. The molecule has 2 nitrogen and oxygen atoms in total. The Kier molecular flexibility index (Phi) is 7.23. The van der Waals surface area contributed by atoms with Gasteiger partial charge in [0.05, 0.1) is 22.3 Å². The number of rotatable bonds is 5. The maximum absolute atomic E-state index is 10.4. The Morgan fingerprint density at radius 2 is 0.774 bits per heavy atom. The number of hydrogen-bond donors (Lipinski definition) is 0. The summed E-state index contributed by atoms with van der Waals surface area (Å²) >= 11 is 0. The third-order valence-electron chi connectivity index (χ3n) is 10.6. The van der Waals surface area contributed by atoms with Crippen molar-refractivity contribution in [2.45, 2.75) is 0 Å². The highest BCUT2D eigenvalue weighted by Crippen LogP contribution is 2.45. The molecule has 0 spiro atoms. The Morgan fingerprint density at radius 1 is 0.340 bits per heavy atom. The molecular formula is C51H32N2. The van der Waals surface area contributed by atoms with Crippen LogP contribution in [0.1, 0.15) is 5.56 Å². The Balaban J connectivity index is 1.16. The van der Waals surface area contributed by atoms with Crippen LogP contribution in [0, 0.1) is 11.3 Å². The van der Waals surface area contributed by atoms with E-state index in [2.05, 4.69) is 199 Å². The summed E-state index contributed by atoms with van der Waals surface area (Å²) < 4.78 is 2.24. The first-order valence-electron chi connectivity index (χ1n) is 18.0. The van der Waals surface area contributed by atoms with Gasteiger partial charge in [-0.3, -0.25) is 0 Å². The van der Waals surface area contributed by atoms with Crippen LogP contribution in [-0.4, -0.2) is 4.57 Å². The second kappa shape index (κ2) is 12.5. The predicted octanol–water partition coefficient (Wildman–Crippen LogP) is 13.6. The molecule has 0 N–H and O–H groups in total. The lowest BCUT2D eigenvalue weighted by atomic mass is 9.85. The van der Waals surface area contributed by atoms with E-state index in [0.29, 0.717) is 5.56 Å². The molecular weight excluding hydrogens is 641 g/mol. The summed E-state index contributed by atoms with van der Waals surface area (Å²) in [4.78, 5) is 0. The van der Waals surface area contributed by atoms with Gasteiger partial charge in [-0.2, -0.15) is 5.26 Å². The molecule has 10 rings (SSSR count). The molecule has 246 valence electrons. The molecule has 0 amide bonds. The standard InChI is InChI=1S/C51H32N2/c52-33-38-30-29-36(32-49(38)53-47-27-12-10-21-41(47)42-22-11-13-28-48(42)53)40-20-5-4-19-39(40)35-17-14-18-37(31-35)51-45-25-8-6-23-43(45)50(34-15-2-1-3-16-34)44-24-7-9-26-46(44)51/h1-32H. The van der Waals surface area contributed by atoms with Crippen molar-refractivity contribution < 1.29 is 0 Å². The molecule has 0 saturated heterocycles. The number of hydrogen-bond acceptors (Lipinski definition) is 1. The van der Waals surface area contributed by atoms with Gasteiger partial charge in [0.1, 0.15) is 6.07 Å². The summed E-state index contributed by atoms with van der Waals surface area (Å²) in [5, 5.41) is 17.7. The fraction of sp³-hybridized carbons (Fsp3) is 0. The van der Waals surface area contributed by atoms with Crippen LogP contribution in [0.2, 0.25) is 0 Å². The first kappa shape index (κ1) is 30.6. The van der Waals surface area contributed by atoms with E-state index in [1.165, 1.54) is 54.6 Å². The Morgan fingerprint density at radius 3 is 1.34 bits per heavy atom. The van der Waals surface area contributed by atoms with E-state index in [0.717, 1.165) is 39.0 Å². The molecule has 10 aromatic rings. The largest absolute Gasteiger partial charge is 0.308 e. The quantitative estimate of drug-likeness (QED) is 0.167. The van der Waals surface area contributed by atoms with Gasteiger partial charge in [-0.15, -0.1) is 0 Å². The van der Waals surface area contributed by atoms with Crippen LogP contribution in [-0.2, 0) is 0 Å². The molecule has 1 heterocycles. The minimum atomic E-state index is 0.637. The van der Waals surface area contributed by atoms with Gasteiger partial charge in [0.15, 0.2) is 0 Å². The van der Waals surface area contributed by atoms with Crippen molar-refractivity contribution in [3.63, 3.8) is 0 Å². The number of nitrogens with zero attached hydrogens (tertiary/aromatic N) is 2. The Labute approximate surface area is 308 Å². The third-order valence-corrected chi connectivity index (χ3v) is 10.6. The van der Waals surface area contributed by atoms with Gasteiger partial charge in [0, 0.05) is 10.8 Å². The van der Waals surface area contributed by atoms with Crippen LogP contribution in [0.5, 0.6) is 0 Å². The van der Waals surface area contributed by atoms with Gasteiger partial charge in [-0.25, -0.2) is 0 Å². The summed E-state index contributed by atoms with van der Waals surface area (Å²) in [5.74, 6) is 0. The lowest BCUT2D eigenvalue weighted by Crippen LogP contribution is -1.98. The number of fused-ring (bicyclic) bond motifs is 5. The van der Waals surface area contributed by atoms with Gasteiger partial charge in [0.25, 0.3) is 0 Å². The van der Waals surface area contributed by atoms with E-state index in [1.807, 2.05) is 6.07 Å². The molecule has 0 aliphatic rings. The van der Waals surface area contributed by atoms with Crippen molar-refractivity contribution in [3.05, 3.63) is 200 Å². The number of aromatic nitrogens is 1. The average Bonchev–Trinajstić information content (AvgIpc) is 3.57. The monoisotopic (exact) mass is 672 g/mol. The van der Waals surface area contributed by atoms with Gasteiger partial charge < -0.3 is 4.57 Å². The molecule has 2 heteroatoms. The van der Waals surface area contributed by atoms with Crippen LogP contribution < -0.4 is 0 Å². The van der Waals surface area contributed by atoms with Crippen molar-refractivity contribution in [2.24, 2.45) is 0 Å². The summed E-state index contributed by atoms with van der Waals surface area (Å²) in [6, 6.07) is 71.6. The van der Waals surface area contributed by atoms with E-state index in [9.17, 15) is 5.26 Å². The van der Waals surface area contributed by atoms with Crippen molar-refractivity contribution >= 4 is 43.4 Å². The van der Waals surface area contributed by atoms with Gasteiger partial charge in [0.2, 0.25) is 0 Å². The van der Waals surface area contributed by atoms with Crippen molar-refractivity contribution in [2.75, 3.05) is 0 Å². The SMILES string of the molecule is N#Cc1ccc(-c2ccccc2-c2cccc(-c3c4ccccc4c(-c4ccccc4)c4ccccc34)c2)cc1-n1c2ccccc2c2ccccc21. The molecule has 9 aromatic carbocycles. The summed E-state index contributed by atoms with van der Waals surface area (Å²) in [5.41, 5.74) is 13.0. The number of nitriles is 1. The third kappa shape index (κ3) is 4.94. The van der Waals surface area contributed by atoms with Gasteiger partial charge in [-0.1, -0.05) is 164 Å². The highest BCUT2D eigenvalue weighted by Gasteiger charge is 2.19. The van der Waals surface area contributed by atoms with E-state index in [4.69, 9.17) is 0 Å². The molecule has 0 atom stereocenters. The maximum Gasteiger partial charge on any atom is 0.101 e. The predicted molar refractivity (Wildman–Crippen MR) is 222 cm³/mol. The highest BCUT2D eigenvalue weighted by atomic mass is 15.0. The van der Waals surface area contributed by atoms with Crippen molar-refractivity contribution in [1.29, 1.82) is 5.26 Å². The van der Waals surface area contributed by atoms with Crippen LogP contribution in [0.4, 0.5) is 0 Å². The zero-order chi connectivity index (χ0) is 35.3. The fourth-order valence-electron chi connectivity index (χ4n) is 8.34. The minimum absolute atomic E-state index is 0.637. The lowest BCUT2D eigenvalue weighted by molar-refractivity contribution is 1.17. The maximum atomic E-state index is 10.4. The van der Waals surface area contributed by atoms with Crippen LogP contribution in [0.3, 0.4) is 0 Å². The summed E-state index contributed by atoms with van der Waals surface area (Å²) in [6.45, 7) is 0. The molecule has 0 unspecified atom stereocenters. The highest BCUT2D eigenvalue weighted by molar-refractivity contribution is 6.21. The topological polar surface area (TPSA) is 28.7 Å². The molecule has 0 fully saturated rings. The van der Waals surface area contributed by atoms with Gasteiger partial charge in [-0.05, 0) is 96.4 Å². The summed E-state index contributed by atoms with van der Waals surface area (Å²) in [7, 11) is 0. The van der Waals surface area contributed by atoms with E-state index < -0.39 is 0 Å². The van der Waals surface area contributed by atoms with Crippen LogP contribution >= 0.6 is 0 Å². The molecule has 0 aliphatic heterocycles. The average molecular weight is 673 g/mol. The Bertz CT molecular complexity index is 2960. The minimum Gasteiger partial charge on any atom is -0.308 e.